The molecule has 2 aliphatic rings. The van der Waals surface area contributed by atoms with Crippen LogP contribution < -0.4 is 0 Å². The van der Waals surface area contributed by atoms with Crippen LogP contribution in [0.2, 0.25) is 0 Å². The predicted molar refractivity (Wildman–Crippen MR) is 52.1 cm³/mol. The van der Waals surface area contributed by atoms with Gasteiger partial charge in [-0.3, -0.25) is 0 Å². The van der Waals surface area contributed by atoms with Gasteiger partial charge in [0.2, 0.25) is 0 Å². The van der Waals surface area contributed by atoms with Gasteiger partial charge in [-0.1, -0.05) is 13.3 Å². The molecule has 1 spiro atoms. The standard InChI is InChI=1S/C11H18F2O2/c1-2-3-8-9(12)6-11(7-10(8)13)14-4-5-15-11/h8-10H,2-7H2,1H3. The van der Waals surface area contributed by atoms with Gasteiger partial charge >= 0.3 is 0 Å². The van der Waals surface area contributed by atoms with Crippen molar-refractivity contribution >= 4 is 0 Å². The molecule has 1 saturated heterocycles. The molecular weight excluding hydrogens is 202 g/mol. The number of hydrogen-bond donors (Lipinski definition) is 0. The van der Waals surface area contributed by atoms with Gasteiger partial charge in [0, 0.05) is 18.8 Å². The maximum Gasteiger partial charge on any atom is 0.174 e. The van der Waals surface area contributed by atoms with Crippen molar-refractivity contribution in [3.8, 4) is 0 Å². The molecule has 1 aliphatic heterocycles. The fourth-order valence-electron chi connectivity index (χ4n) is 2.63. The molecule has 0 radical (unpaired) electrons. The second-order valence-electron chi connectivity index (χ2n) is 4.50. The van der Waals surface area contributed by atoms with Gasteiger partial charge in [0.25, 0.3) is 0 Å². The monoisotopic (exact) mass is 220 g/mol. The van der Waals surface area contributed by atoms with Crippen LogP contribution in [0, 0.1) is 5.92 Å². The van der Waals surface area contributed by atoms with E-state index in [-0.39, 0.29) is 12.8 Å². The van der Waals surface area contributed by atoms with Crippen LogP contribution in [0.5, 0.6) is 0 Å². The summed E-state index contributed by atoms with van der Waals surface area (Å²) in [5, 5.41) is 0. The van der Waals surface area contributed by atoms with Gasteiger partial charge in [-0.2, -0.15) is 0 Å². The highest BCUT2D eigenvalue weighted by Gasteiger charge is 2.50. The molecule has 2 atom stereocenters. The second kappa shape index (κ2) is 4.34. The molecule has 4 heteroatoms. The van der Waals surface area contributed by atoms with E-state index in [1.54, 1.807) is 0 Å². The zero-order valence-corrected chi connectivity index (χ0v) is 9.05. The number of rotatable bonds is 2. The number of hydrogen-bond acceptors (Lipinski definition) is 2. The highest BCUT2D eigenvalue weighted by molar-refractivity contribution is 4.93. The summed E-state index contributed by atoms with van der Waals surface area (Å²) >= 11 is 0. The average molecular weight is 220 g/mol. The smallest absolute Gasteiger partial charge is 0.174 e. The van der Waals surface area contributed by atoms with Crippen molar-refractivity contribution in [1.29, 1.82) is 0 Å². The van der Waals surface area contributed by atoms with Gasteiger partial charge in [-0.15, -0.1) is 0 Å². The quantitative estimate of drug-likeness (QED) is 0.712. The van der Waals surface area contributed by atoms with Crippen molar-refractivity contribution in [2.45, 2.75) is 50.7 Å². The average Bonchev–Trinajstić information content (AvgIpc) is 2.60. The lowest BCUT2D eigenvalue weighted by molar-refractivity contribution is -0.212. The Morgan fingerprint density at radius 2 is 1.67 bits per heavy atom. The topological polar surface area (TPSA) is 18.5 Å². The van der Waals surface area contributed by atoms with E-state index in [0.29, 0.717) is 19.6 Å². The predicted octanol–water partition coefficient (Wildman–Crippen LogP) is 2.62. The van der Waals surface area contributed by atoms with Gasteiger partial charge < -0.3 is 9.47 Å². The molecule has 1 saturated carbocycles. The zero-order valence-electron chi connectivity index (χ0n) is 9.05. The summed E-state index contributed by atoms with van der Waals surface area (Å²) in [6, 6.07) is 0. The summed E-state index contributed by atoms with van der Waals surface area (Å²) in [5.41, 5.74) is 0. The van der Waals surface area contributed by atoms with Gasteiger partial charge in [-0.05, 0) is 6.42 Å². The highest BCUT2D eigenvalue weighted by Crippen LogP contribution is 2.42. The molecule has 15 heavy (non-hydrogen) atoms. The molecule has 2 unspecified atom stereocenters. The molecule has 0 aromatic heterocycles. The lowest BCUT2D eigenvalue weighted by Gasteiger charge is -2.39. The largest absolute Gasteiger partial charge is 0.347 e. The van der Waals surface area contributed by atoms with Crippen molar-refractivity contribution in [3.63, 3.8) is 0 Å². The van der Waals surface area contributed by atoms with Gasteiger partial charge in [-0.25, -0.2) is 8.78 Å². The van der Waals surface area contributed by atoms with E-state index in [1.807, 2.05) is 6.92 Å². The molecule has 2 nitrogen and oxygen atoms in total. The first-order valence-electron chi connectivity index (χ1n) is 5.73. The van der Waals surface area contributed by atoms with Crippen LogP contribution in [0.25, 0.3) is 0 Å². The van der Waals surface area contributed by atoms with Crippen LogP contribution in [0.4, 0.5) is 8.78 Å². The Kier molecular flexibility index (Phi) is 3.26. The van der Waals surface area contributed by atoms with Crippen LogP contribution in [0.3, 0.4) is 0 Å². The minimum Gasteiger partial charge on any atom is -0.347 e. The normalized spacial score (nSPS) is 39.8. The third-order valence-corrected chi connectivity index (χ3v) is 3.38. The minimum absolute atomic E-state index is 0.193. The molecule has 0 aromatic carbocycles. The van der Waals surface area contributed by atoms with Crippen molar-refractivity contribution < 1.29 is 18.3 Å². The summed E-state index contributed by atoms with van der Waals surface area (Å²) < 4.78 is 38.3. The van der Waals surface area contributed by atoms with Crippen LogP contribution in [-0.4, -0.2) is 31.3 Å². The van der Waals surface area contributed by atoms with E-state index < -0.39 is 24.0 Å². The van der Waals surface area contributed by atoms with E-state index in [1.165, 1.54) is 0 Å². The number of alkyl halides is 2. The van der Waals surface area contributed by atoms with E-state index in [2.05, 4.69) is 0 Å². The van der Waals surface area contributed by atoms with Crippen LogP contribution in [0.15, 0.2) is 0 Å². The Morgan fingerprint density at radius 1 is 1.13 bits per heavy atom. The molecular formula is C11H18F2O2. The molecule has 1 heterocycles. The summed E-state index contributed by atoms with van der Waals surface area (Å²) in [6.07, 6.45) is -0.451. The molecule has 0 N–H and O–H groups in total. The Labute approximate surface area is 88.9 Å². The van der Waals surface area contributed by atoms with Gasteiger partial charge in [0.15, 0.2) is 5.79 Å². The fraction of sp³-hybridized carbons (Fsp3) is 1.00. The number of ether oxygens (including phenoxy) is 2. The Balaban J connectivity index is 2.02. The maximum absolute atomic E-state index is 13.8. The SMILES string of the molecule is CCCC1C(F)CC2(CC1F)OCCO2. The maximum atomic E-state index is 13.8. The summed E-state index contributed by atoms with van der Waals surface area (Å²) in [4.78, 5) is 0. The van der Waals surface area contributed by atoms with E-state index in [0.717, 1.165) is 6.42 Å². The summed E-state index contributed by atoms with van der Waals surface area (Å²) in [6.45, 7) is 2.86. The third-order valence-electron chi connectivity index (χ3n) is 3.38. The molecule has 0 bridgehead atoms. The van der Waals surface area contributed by atoms with Gasteiger partial charge in [0.05, 0.1) is 13.2 Å². The van der Waals surface area contributed by atoms with Crippen LogP contribution in [0.1, 0.15) is 32.6 Å². The Bertz CT molecular complexity index is 203. The first kappa shape index (κ1) is 11.3. The second-order valence-corrected chi connectivity index (χ2v) is 4.50. The highest BCUT2D eigenvalue weighted by atomic mass is 19.1. The molecule has 2 rings (SSSR count). The fourth-order valence-corrected chi connectivity index (χ4v) is 2.63. The molecule has 88 valence electrons. The zero-order chi connectivity index (χ0) is 10.9. The molecule has 0 aromatic rings. The summed E-state index contributed by atoms with van der Waals surface area (Å²) in [5.74, 6) is -1.42. The van der Waals surface area contributed by atoms with Crippen LogP contribution >= 0.6 is 0 Å². The van der Waals surface area contributed by atoms with Crippen molar-refractivity contribution in [2.75, 3.05) is 13.2 Å². The lowest BCUT2D eigenvalue weighted by atomic mass is 9.79. The van der Waals surface area contributed by atoms with Crippen molar-refractivity contribution in [3.05, 3.63) is 0 Å². The lowest BCUT2D eigenvalue weighted by Crippen LogP contribution is -2.47. The molecule has 2 fully saturated rings. The first-order chi connectivity index (χ1) is 7.17. The van der Waals surface area contributed by atoms with E-state index in [9.17, 15) is 8.78 Å². The van der Waals surface area contributed by atoms with E-state index in [4.69, 9.17) is 9.47 Å². The third kappa shape index (κ3) is 2.16. The Morgan fingerprint density at radius 3 is 2.13 bits per heavy atom. The van der Waals surface area contributed by atoms with Crippen molar-refractivity contribution in [2.24, 2.45) is 5.92 Å². The van der Waals surface area contributed by atoms with Crippen LogP contribution in [-0.2, 0) is 9.47 Å². The van der Waals surface area contributed by atoms with Crippen molar-refractivity contribution in [1.82, 2.24) is 0 Å². The first-order valence-corrected chi connectivity index (χ1v) is 5.73. The van der Waals surface area contributed by atoms with E-state index >= 15 is 0 Å². The summed E-state index contributed by atoms with van der Waals surface area (Å²) in [7, 11) is 0. The number of halogens is 2. The minimum atomic E-state index is -1.13. The van der Waals surface area contributed by atoms with Gasteiger partial charge in [0.1, 0.15) is 12.3 Å². The molecule has 1 aliphatic carbocycles. The Hall–Kier alpha value is -0.220. The molecule has 0 amide bonds.